The molecule has 3 aliphatic rings. The molecule has 3 aliphatic carbocycles. The van der Waals surface area contributed by atoms with Crippen molar-refractivity contribution in [2.75, 3.05) is 27.3 Å². The van der Waals surface area contributed by atoms with Crippen molar-refractivity contribution in [3.8, 4) is 0 Å². The van der Waals surface area contributed by atoms with Gasteiger partial charge in [0.2, 0.25) is 0 Å². The Hall–Kier alpha value is -1.73. The third-order valence-electron chi connectivity index (χ3n) is 8.62. The Kier molecular flexibility index (Phi) is 6.96. The predicted octanol–water partition coefficient (Wildman–Crippen LogP) is 2.27. The van der Waals surface area contributed by atoms with Crippen molar-refractivity contribution in [2.24, 2.45) is 34.5 Å². The second kappa shape index (κ2) is 9.02. The van der Waals surface area contributed by atoms with E-state index in [1.165, 1.54) is 7.11 Å². The van der Waals surface area contributed by atoms with Crippen LogP contribution < -0.4 is 5.32 Å². The first-order valence-corrected chi connectivity index (χ1v) is 11.4. The molecule has 0 saturated heterocycles. The Bertz CT molecular complexity index is 763. The Morgan fingerprint density at radius 3 is 2.65 bits per heavy atom. The van der Waals surface area contributed by atoms with Gasteiger partial charge in [0.25, 0.3) is 0 Å². The number of fused-ring (bicyclic) bond motifs is 3. The number of allylic oxidation sites excluding steroid dienone is 1. The minimum atomic E-state index is -1.08. The summed E-state index contributed by atoms with van der Waals surface area (Å²) in [5.74, 6) is -1.03. The molecule has 2 unspecified atom stereocenters. The maximum atomic E-state index is 13.4. The number of likely N-dealkylation sites (N-methyl/N-ethyl adjacent to an activating group) is 1. The smallest absolute Gasteiger partial charge is 0.330 e. The molecule has 174 valence electrons. The van der Waals surface area contributed by atoms with E-state index in [-0.39, 0.29) is 47.3 Å². The van der Waals surface area contributed by atoms with Crippen molar-refractivity contribution in [1.29, 1.82) is 0 Å². The zero-order valence-corrected chi connectivity index (χ0v) is 19.4. The number of methoxy groups -OCH3 is 1. The normalized spacial score (nSPS) is 41.3. The van der Waals surface area contributed by atoms with Crippen molar-refractivity contribution in [2.45, 2.75) is 59.0 Å². The number of Topliss-reactive ketones (excluding diaryl/α,β-unsaturated/α-hetero) is 1. The number of carbonyl (C=O) groups excluding carboxylic acids is 3. The summed E-state index contributed by atoms with van der Waals surface area (Å²) in [6, 6.07) is 0. The maximum Gasteiger partial charge on any atom is 0.330 e. The van der Waals surface area contributed by atoms with Gasteiger partial charge in [-0.3, -0.25) is 9.59 Å². The van der Waals surface area contributed by atoms with Crippen LogP contribution in [0.15, 0.2) is 11.6 Å². The number of hydrogen-bond acceptors (Lipinski definition) is 7. The van der Waals surface area contributed by atoms with E-state index < -0.39 is 17.5 Å². The van der Waals surface area contributed by atoms with E-state index in [2.05, 4.69) is 12.2 Å². The molecular weight excluding hydrogens is 398 g/mol. The van der Waals surface area contributed by atoms with Gasteiger partial charge in [-0.05, 0) is 62.8 Å². The second-order valence-corrected chi connectivity index (χ2v) is 10.0. The molecule has 3 fully saturated rings. The molecule has 7 atom stereocenters. The second-order valence-electron chi connectivity index (χ2n) is 10.0. The van der Waals surface area contributed by atoms with Crippen molar-refractivity contribution in [3.05, 3.63) is 11.6 Å². The number of ether oxygens (including phenoxy) is 2. The summed E-state index contributed by atoms with van der Waals surface area (Å²) in [5.41, 5.74) is -0.357. The van der Waals surface area contributed by atoms with Crippen molar-refractivity contribution >= 4 is 17.7 Å². The maximum absolute atomic E-state index is 13.4. The quantitative estimate of drug-likeness (QED) is 0.388. The lowest BCUT2D eigenvalue weighted by molar-refractivity contribution is -0.197. The molecular formula is C24H37NO6. The molecule has 31 heavy (non-hydrogen) atoms. The SMILES string of the molecule is CNCCOC(=O)/C=C1\CCC2[C@@H](C(=O)C[C@H]3[C@@](C)(C(=O)OC)C(O)CC[C@]23C)[C@H]1C. The van der Waals surface area contributed by atoms with Crippen LogP contribution in [0.4, 0.5) is 0 Å². The fourth-order valence-electron chi connectivity index (χ4n) is 6.77. The Morgan fingerprint density at radius 1 is 1.29 bits per heavy atom. The first kappa shape index (κ1) is 23.9. The third-order valence-corrected chi connectivity index (χ3v) is 8.62. The van der Waals surface area contributed by atoms with Crippen molar-refractivity contribution in [3.63, 3.8) is 0 Å². The summed E-state index contributed by atoms with van der Waals surface area (Å²) < 4.78 is 10.3. The zero-order valence-electron chi connectivity index (χ0n) is 19.4. The molecule has 0 aliphatic heterocycles. The summed E-state index contributed by atoms with van der Waals surface area (Å²) >= 11 is 0. The number of ketones is 1. The van der Waals surface area contributed by atoms with Gasteiger partial charge in [-0.1, -0.05) is 19.4 Å². The molecule has 0 bridgehead atoms. The van der Waals surface area contributed by atoms with Crippen molar-refractivity contribution in [1.82, 2.24) is 5.32 Å². The third kappa shape index (κ3) is 3.95. The Morgan fingerprint density at radius 2 is 2.00 bits per heavy atom. The minimum absolute atomic E-state index is 0.0443. The van der Waals surface area contributed by atoms with E-state index in [9.17, 15) is 19.5 Å². The molecule has 0 radical (unpaired) electrons. The molecule has 0 heterocycles. The predicted molar refractivity (Wildman–Crippen MR) is 115 cm³/mol. The van der Waals surface area contributed by atoms with Crippen LogP contribution in [0.3, 0.4) is 0 Å². The summed E-state index contributed by atoms with van der Waals surface area (Å²) in [4.78, 5) is 38.4. The first-order valence-electron chi connectivity index (χ1n) is 11.4. The molecule has 7 nitrogen and oxygen atoms in total. The topological polar surface area (TPSA) is 102 Å². The van der Waals surface area contributed by atoms with E-state index in [0.29, 0.717) is 19.6 Å². The highest BCUT2D eigenvalue weighted by atomic mass is 16.5. The summed E-state index contributed by atoms with van der Waals surface area (Å²) in [6.07, 6.45) is 3.83. The monoisotopic (exact) mass is 435 g/mol. The van der Waals surface area contributed by atoms with Crippen molar-refractivity contribution < 1.29 is 29.0 Å². The number of carbonyl (C=O) groups is 3. The largest absolute Gasteiger partial charge is 0.469 e. The van der Waals surface area contributed by atoms with Gasteiger partial charge in [-0.2, -0.15) is 0 Å². The summed E-state index contributed by atoms with van der Waals surface area (Å²) in [7, 11) is 3.14. The molecule has 3 saturated carbocycles. The lowest BCUT2D eigenvalue weighted by atomic mass is 9.42. The van der Waals surface area contributed by atoms with E-state index in [0.717, 1.165) is 24.8 Å². The first-order chi connectivity index (χ1) is 14.6. The molecule has 0 spiro atoms. The number of hydrogen-bond donors (Lipinski definition) is 2. The van der Waals surface area contributed by atoms with E-state index >= 15 is 0 Å². The fourth-order valence-corrected chi connectivity index (χ4v) is 6.77. The van der Waals surface area contributed by atoms with Crippen LogP contribution in [0.1, 0.15) is 52.9 Å². The summed E-state index contributed by atoms with van der Waals surface area (Å²) in [6.45, 7) is 6.88. The van der Waals surface area contributed by atoms with Crippen LogP contribution >= 0.6 is 0 Å². The number of rotatable bonds is 5. The number of esters is 2. The van der Waals surface area contributed by atoms with Gasteiger partial charge in [-0.25, -0.2) is 4.79 Å². The molecule has 0 amide bonds. The van der Waals surface area contributed by atoms with Gasteiger partial charge < -0.3 is 19.9 Å². The van der Waals surface area contributed by atoms with Gasteiger partial charge >= 0.3 is 11.9 Å². The highest BCUT2D eigenvalue weighted by Gasteiger charge is 2.65. The Balaban J connectivity index is 1.87. The van der Waals surface area contributed by atoms with Gasteiger partial charge in [0.15, 0.2) is 0 Å². The lowest BCUT2D eigenvalue weighted by Gasteiger charge is -2.61. The van der Waals surface area contributed by atoms with Gasteiger partial charge in [0, 0.05) is 25.0 Å². The van der Waals surface area contributed by atoms with Crippen LogP contribution in [0.25, 0.3) is 0 Å². The van der Waals surface area contributed by atoms with Gasteiger partial charge in [0.1, 0.15) is 12.4 Å². The molecule has 7 heteroatoms. The highest BCUT2D eigenvalue weighted by Crippen LogP contribution is 2.64. The van der Waals surface area contributed by atoms with Crippen LogP contribution in [-0.2, 0) is 23.9 Å². The van der Waals surface area contributed by atoms with Crippen LogP contribution in [0.5, 0.6) is 0 Å². The minimum Gasteiger partial charge on any atom is -0.469 e. The molecule has 0 aromatic rings. The molecule has 0 aromatic carbocycles. The van der Waals surface area contributed by atoms with Crippen LogP contribution in [0.2, 0.25) is 0 Å². The zero-order chi connectivity index (χ0) is 23.0. The average molecular weight is 436 g/mol. The molecule has 0 aromatic heterocycles. The lowest BCUT2D eigenvalue weighted by Crippen LogP contribution is -2.63. The highest BCUT2D eigenvalue weighted by molar-refractivity contribution is 5.87. The number of aliphatic hydroxyl groups excluding tert-OH is 1. The van der Waals surface area contributed by atoms with Gasteiger partial charge in [-0.15, -0.1) is 0 Å². The average Bonchev–Trinajstić information content (AvgIpc) is 2.74. The molecule has 3 rings (SSSR count). The van der Waals surface area contributed by atoms with E-state index in [1.807, 2.05) is 6.92 Å². The van der Waals surface area contributed by atoms with E-state index in [1.54, 1.807) is 20.0 Å². The molecule has 2 N–H and O–H groups in total. The van der Waals surface area contributed by atoms with Crippen LogP contribution in [-0.4, -0.2) is 56.2 Å². The van der Waals surface area contributed by atoms with E-state index in [4.69, 9.17) is 9.47 Å². The number of aliphatic hydroxyl groups is 1. The van der Waals surface area contributed by atoms with Crippen LogP contribution in [0, 0.1) is 34.5 Å². The summed E-state index contributed by atoms with van der Waals surface area (Å²) in [5, 5.41) is 13.7. The number of nitrogens with one attached hydrogen (secondary N) is 1. The standard InChI is InChI=1S/C24H37NO6/c1-14-15(12-20(28)31-11-10-25-4)6-7-16-21(14)17(26)13-18-23(16,2)9-8-19(27)24(18,3)22(29)30-5/h12,14,16,18-19,21,25,27H,6-11,13H2,1-5H3/b15-12+/t14-,16?,18+,19?,21-,23+,24+/m0/s1. The fraction of sp³-hybridized carbons (Fsp3) is 0.792. The Labute approximate surface area is 184 Å². The van der Waals surface area contributed by atoms with Gasteiger partial charge in [0.05, 0.1) is 18.6 Å².